The maximum Gasteiger partial charge on any atom is 0.409 e. The standard InChI is InChI=1S/C11H14N2O2/c1-15-11(14)13-6-9-4-2-3-8(5-12)10(9)7-13/h4,8,10H,2-3,6-7H2,1H3. The third kappa shape index (κ3) is 1.70. The van der Waals surface area contributed by atoms with E-state index in [9.17, 15) is 4.79 Å². The molecule has 2 unspecified atom stereocenters. The molecule has 1 aliphatic heterocycles. The van der Waals surface area contributed by atoms with Gasteiger partial charge in [0.2, 0.25) is 0 Å². The van der Waals surface area contributed by atoms with Crippen molar-refractivity contribution >= 4 is 6.09 Å². The van der Waals surface area contributed by atoms with E-state index in [1.54, 1.807) is 4.90 Å². The average molecular weight is 206 g/mol. The van der Waals surface area contributed by atoms with Crippen LogP contribution in [-0.4, -0.2) is 31.2 Å². The Morgan fingerprint density at radius 3 is 3.20 bits per heavy atom. The van der Waals surface area contributed by atoms with E-state index in [1.165, 1.54) is 12.7 Å². The molecular weight excluding hydrogens is 192 g/mol. The number of methoxy groups -OCH3 is 1. The number of carbonyl (C=O) groups excluding carboxylic acids is 1. The molecular formula is C11H14N2O2. The zero-order chi connectivity index (χ0) is 10.8. The van der Waals surface area contributed by atoms with Crippen LogP contribution in [-0.2, 0) is 4.74 Å². The van der Waals surface area contributed by atoms with Crippen LogP contribution in [0, 0.1) is 23.2 Å². The number of fused-ring (bicyclic) bond motifs is 1. The molecule has 0 spiro atoms. The quantitative estimate of drug-likeness (QED) is 0.565. The first-order chi connectivity index (χ1) is 7.26. The van der Waals surface area contributed by atoms with E-state index >= 15 is 0 Å². The predicted molar refractivity (Wildman–Crippen MR) is 53.9 cm³/mol. The van der Waals surface area contributed by atoms with Crippen molar-refractivity contribution in [1.29, 1.82) is 5.26 Å². The molecule has 1 saturated heterocycles. The van der Waals surface area contributed by atoms with Crippen LogP contribution < -0.4 is 0 Å². The lowest BCUT2D eigenvalue weighted by molar-refractivity contribution is 0.131. The van der Waals surface area contributed by atoms with Crippen LogP contribution in [0.3, 0.4) is 0 Å². The summed E-state index contributed by atoms with van der Waals surface area (Å²) in [5, 5.41) is 9.01. The highest BCUT2D eigenvalue weighted by atomic mass is 16.5. The fraction of sp³-hybridized carbons (Fsp3) is 0.636. The Bertz CT molecular complexity index is 343. The summed E-state index contributed by atoms with van der Waals surface area (Å²) in [4.78, 5) is 13.0. The molecule has 0 bridgehead atoms. The molecule has 15 heavy (non-hydrogen) atoms. The van der Waals surface area contributed by atoms with Gasteiger partial charge in [0, 0.05) is 19.0 Å². The molecule has 0 aromatic heterocycles. The number of amides is 1. The molecule has 0 N–H and O–H groups in total. The second kappa shape index (κ2) is 3.93. The number of nitrogens with zero attached hydrogens (tertiary/aromatic N) is 2. The Hall–Kier alpha value is -1.50. The smallest absolute Gasteiger partial charge is 0.409 e. The molecule has 80 valence electrons. The molecule has 1 aliphatic carbocycles. The zero-order valence-electron chi connectivity index (χ0n) is 8.77. The van der Waals surface area contributed by atoms with Gasteiger partial charge in [0.05, 0.1) is 19.1 Å². The van der Waals surface area contributed by atoms with Crippen molar-refractivity contribution in [3.05, 3.63) is 11.6 Å². The fourth-order valence-corrected chi connectivity index (χ4v) is 2.43. The highest BCUT2D eigenvalue weighted by Gasteiger charge is 2.37. The summed E-state index contributed by atoms with van der Waals surface area (Å²) in [6.45, 7) is 1.27. The van der Waals surface area contributed by atoms with Crippen molar-refractivity contribution in [3.8, 4) is 6.07 Å². The van der Waals surface area contributed by atoms with E-state index in [2.05, 4.69) is 16.9 Å². The Labute approximate surface area is 89.1 Å². The van der Waals surface area contributed by atoms with Gasteiger partial charge in [-0.2, -0.15) is 5.26 Å². The predicted octanol–water partition coefficient (Wildman–Crippen LogP) is 1.54. The number of carbonyl (C=O) groups is 1. The number of hydrogen-bond acceptors (Lipinski definition) is 3. The van der Waals surface area contributed by atoms with Crippen molar-refractivity contribution < 1.29 is 9.53 Å². The van der Waals surface area contributed by atoms with Gasteiger partial charge in [0.1, 0.15) is 0 Å². The largest absolute Gasteiger partial charge is 0.453 e. The van der Waals surface area contributed by atoms with Crippen molar-refractivity contribution in [3.63, 3.8) is 0 Å². The van der Waals surface area contributed by atoms with E-state index < -0.39 is 0 Å². The van der Waals surface area contributed by atoms with E-state index in [-0.39, 0.29) is 17.9 Å². The van der Waals surface area contributed by atoms with Gasteiger partial charge in [-0.25, -0.2) is 4.79 Å². The van der Waals surface area contributed by atoms with E-state index in [1.807, 2.05) is 0 Å². The summed E-state index contributed by atoms with van der Waals surface area (Å²) in [5.41, 5.74) is 1.23. The maximum atomic E-state index is 11.3. The summed E-state index contributed by atoms with van der Waals surface area (Å²) in [7, 11) is 1.39. The summed E-state index contributed by atoms with van der Waals surface area (Å²) < 4.78 is 4.69. The van der Waals surface area contributed by atoms with Crippen LogP contribution >= 0.6 is 0 Å². The van der Waals surface area contributed by atoms with Crippen LogP contribution in [0.15, 0.2) is 11.6 Å². The fourth-order valence-electron chi connectivity index (χ4n) is 2.43. The van der Waals surface area contributed by atoms with Crippen LogP contribution in [0.5, 0.6) is 0 Å². The highest BCUT2D eigenvalue weighted by Crippen LogP contribution is 2.35. The first-order valence-electron chi connectivity index (χ1n) is 5.17. The van der Waals surface area contributed by atoms with Crippen LogP contribution in [0.2, 0.25) is 0 Å². The topological polar surface area (TPSA) is 53.3 Å². The number of nitriles is 1. The molecule has 0 radical (unpaired) electrons. The van der Waals surface area contributed by atoms with Gasteiger partial charge >= 0.3 is 6.09 Å². The first-order valence-corrected chi connectivity index (χ1v) is 5.17. The molecule has 2 atom stereocenters. The minimum absolute atomic E-state index is 0.0691. The number of allylic oxidation sites excluding steroid dienone is 1. The monoisotopic (exact) mass is 206 g/mol. The van der Waals surface area contributed by atoms with Gasteiger partial charge in [-0.05, 0) is 18.4 Å². The molecule has 4 heteroatoms. The summed E-state index contributed by atoms with van der Waals surface area (Å²) in [5.74, 6) is 0.308. The lowest BCUT2D eigenvalue weighted by atomic mass is 9.81. The normalized spacial score (nSPS) is 29.1. The van der Waals surface area contributed by atoms with Crippen molar-refractivity contribution in [2.24, 2.45) is 11.8 Å². The summed E-state index contributed by atoms with van der Waals surface area (Å²) >= 11 is 0. The summed E-state index contributed by atoms with van der Waals surface area (Å²) in [6.07, 6.45) is 3.75. The Balaban J connectivity index is 2.12. The number of likely N-dealkylation sites (tertiary alicyclic amines) is 1. The summed E-state index contributed by atoms with van der Waals surface area (Å²) in [6, 6.07) is 2.33. The van der Waals surface area contributed by atoms with Crippen molar-refractivity contribution in [2.45, 2.75) is 12.8 Å². The molecule has 0 aromatic rings. The zero-order valence-corrected chi connectivity index (χ0v) is 8.77. The molecule has 4 nitrogen and oxygen atoms in total. The van der Waals surface area contributed by atoms with Crippen molar-refractivity contribution in [2.75, 3.05) is 20.2 Å². The van der Waals surface area contributed by atoms with Crippen LogP contribution in [0.25, 0.3) is 0 Å². The van der Waals surface area contributed by atoms with Gasteiger partial charge in [-0.15, -0.1) is 0 Å². The van der Waals surface area contributed by atoms with E-state index in [0.717, 1.165) is 12.8 Å². The number of hydrogen-bond donors (Lipinski definition) is 0. The molecule has 1 fully saturated rings. The molecule has 1 amide bonds. The average Bonchev–Trinajstić information content (AvgIpc) is 2.71. The van der Waals surface area contributed by atoms with Gasteiger partial charge in [0.15, 0.2) is 0 Å². The number of ether oxygens (including phenoxy) is 1. The minimum atomic E-state index is -0.290. The van der Waals surface area contributed by atoms with E-state index in [4.69, 9.17) is 5.26 Å². The molecule has 2 rings (SSSR count). The van der Waals surface area contributed by atoms with Gasteiger partial charge in [-0.1, -0.05) is 6.08 Å². The highest BCUT2D eigenvalue weighted by molar-refractivity contribution is 5.68. The third-order valence-electron chi connectivity index (χ3n) is 3.24. The third-order valence-corrected chi connectivity index (χ3v) is 3.24. The molecule has 1 heterocycles. The molecule has 0 aromatic carbocycles. The SMILES string of the molecule is COC(=O)N1CC2=CCCC(C#N)C2C1. The molecule has 2 aliphatic rings. The minimum Gasteiger partial charge on any atom is -0.453 e. The van der Waals surface area contributed by atoms with E-state index in [0.29, 0.717) is 13.1 Å². The second-order valence-electron chi connectivity index (χ2n) is 4.05. The molecule has 0 saturated carbocycles. The van der Waals surface area contributed by atoms with Crippen molar-refractivity contribution in [1.82, 2.24) is 4.90 Å². The van der Waals surface area contributed by atoms with Gasteiger partial charge in [-0.3, -0.25) is 0 Å². The first kappa shape index (κ1) is 10.0. The Morgan fingerprint density at radius 2 is 2.53 bits per heavy atom. The van der Waals surface area contributed by atoms with Crippen LogP contribution in [0.1, 0.15) is 12.8 Å². The Morgan fingerprint density at radius 1 is 1.73 bits per heavy atom. The Kier molecular flexibility index (Phi) is 2.63. The van der Waals surface area contributed by atoms with Gasteiger partial charge < -0.3 is 9.64 Å². The lowest BCUT2D eigenvalue weighted by Crippen LogP contribution is -2.29. The second-order valence-corrected chi connectivity index (χ2v) is 4.05. The van der Waals surface area contributed by atoms with Gasteiger partial charge in [0.25, 0.3) is 0 Å². The lowest BCUT2D eigenvalue weighted by Gasteiger charge is -2.21. The number of rotatable bonds is 0. The van der Waals surface area contributed by atoms with Crippen LogP contribution in [0.4, 0.5) is 4.79 Å². The maximum absolute atomic E-state index is 11.3.